The highest BCUT2D eigenvalue weighted by Gasteiger charge is 2.38. The minimum Gasteiger partial charge on any atom is -0.496 e. The van der Waals surface area contributed by atoms with E-state index in [0.717, 1.165) is 27.3 Å². The summed E-state index contributed by atoms with van der Waals surface area (Å²) < 4.78 is 23.5. The Labute approximate surface area is 227 Å². The van der Waals surface area contributed by atoms with E-state index in [1.54, 1.807) is 31.0 Å². The summed E-state index contributed by atoms with van der Waals surface area (Å²) in [5.74, 6) is 1.61. The van der Waals surface area contributed by atoms with E-state index < -0.39 is 12.4 Å². The zero-order chi connectivity index (χ0) is 26.9. The number of carbonyl (C=O) groups excluding carboxylic acids is 1. The van der Waals surface area contributed by atoms with Gasteiger partial charge in [-0.2, -0.15) is 0 Å². The summed E-state index contributed by atoms with van der Waals surface area (Å²) in [5, 5.41) is 12.2. The van der Waals surface area contributed by atoms with E-state index in [1.165, 1.54) is 6.08 Å². The van der Waals surface area contributed by atoms with Gasteiger partial charge in [0, 0.05) is 27.8 Å². The van der Waals surface area contributed by atoms with Gasteiger partial charge in [0.15, 0.2) is 6.29 Å². The van der Waals surface area contributed by atoms with Crippen molar-refractivity contribution in [1.29, 1.82) is 0 Å². The van der Waals surface area contributed by atoms with Crippen molar-refractivity contribution in [3.05, 3.63) is 102 Å². The smallest absolute Gasteiger partial charge is 0.411 e. The van der Waals surface area contributed by atoms with Gasteiger partial charge in [-0.25, -0.2) is 4.79 Å². The Morgan fingerprint density at radius 1 is 1.05 bits per heavy atom. The van der Waals surface area contributed by atoms with Crippen LogP contribution >= 0.6 is 11.8 Å². The van der Waals surface area contributed by atoms with Crippen molar-refractivity contribution in [1.82, 2.24) is 0 Å². The molecular weight excluding hydrogens is 502 g/mol. The number of para-hydroxylation sites is 1. The average Bonchev–Trinajstić information content (AvgIpc) is 2.96. The van der Waals surface area contributed by atoms with Crippen LogP contribution in [0.1, 0.15) is 36.0 Å². The Kier molecular flexibility index (Phi) is 9.84. The van der Waals surface area contributed by atoms with Crippen molar-refractivity contribution in [2.45, 2.75) is 36.9 Å². The van der Waals surface area contributed by atoms with Crippen LogP contribution in [-0.2, 0) is 20.8 Å². The number of amides is 1. The maximum absolute atomic E-state index is 11.9. The predicted molar refractivity (Wildman–Crippen MR) is 148 cm³/mol. The minimum atomic E-state index is -0.598. The summed E-state index contributed by atoms with van der Waals surface area (Å²) in [4.78, 5) is 12.9. The summed E-state index contributed by atoms with van der Waals surface area (Å²) in [5.41, 5.74) is 3.32. The summed E-state index contributed by atoms with van der Waals surface area (Å²) in [6.45, 7) is 5.81. The fourth-order valence-corrected chi connectivity index (χ4v) is 5.43. The van der Waals surface area contributed by atoms with Crippen LogP contribution in [-0.4, -0.2) is 36.8 Å². The first-order chi connectivity index (χ1) is 18.5. The zero-order valence-corrected chi connectivity index (χ0v) is 22.4. The number of carbonyl (C=O) groups is 1. The van der Waals surface area contributed by atoms with Crippen molar-refractivity contribution < 1.29 is 28.8 Å². The van der Waals surface area contributed by atoms with E-state index >= 15 is 0 Å². The third kappa shape index (κ3) is 6.96. The van der Waals surface area contributed by atoms with Crippen molar-refractivity contribution in [3.63, 3.8) is 0 Å². The molecular formula is C30H33NO6S. The van der Waals surface area contributed by atoms with Crippen LogP contribution in [0.15, 0.2) is 90.3 Å². The molecule has 0 aromatic heterocycles. The molecule has 8 heteroatoms. The van der Waals surface area contributed by atoms with Gasteiger partial charge in [0.25, 0.3) is 0 Å². The van der Waals surface area contributed by atoms with Gasteiger partial charge in [0.2, 0.25) is 0 Å². The van der Waals surface area contributed by atoms with Crippen molar-refractivity contribution in [3.8, 4) is 5.75 Å². The van der Waals surface area contributed by atoms with E-state index in [1.807, 2.05) is 60.7 Å². The van der Waals surface area contributed by atoms with Crippen molar-refractivity contribution >= 4 is 23.5 Å². The number of ether oxygens (including phenoxy) is 4. The lowest BCUT2D eigenvalue weighted by Crippen LogP contribution is -2.38. The number of hydrogen-bond donors (Lipinski definition) is 2. The van der Waals surface area contributed by atoms with Gasteiger partial charge in [-0.1, -0.05) is 68.1 Å². The Balaban J connectivity index is 1.54. The number of rotatable bonds is 10. The molecule has 1 aliphatic heterocycles. The molecule has 3 aromatic rings. The zero-order valence-electron chi connectivity index (χ0n) is 21.5. The fraction of sp³-hybridized carbons (Fsp3) is 0.300. The van der Waals surface area contributed by atoms with Crippen LogP contribution in [0, 0.1) is 5.92 Å². The van der Waals surface area contributed by atoms with Gasteiger partial charge in [-0.05, 0) is 35.4 Å². The molecule has 0 unspecified atom stereocenters. The second kappa shape index (κ2) is 13.5. The lowest BCUT2D eigenvalue weighted by molar-refractivity contribution is -0.268. The Morgan fingerprint density at radius 3 is 2.45 bits per heavy atom. The highest BCUT2D eigenvalue weighted by molar-refractivity contribution is 7.99. The van der Waals surface area contributed by atoms with Crippen molar-refractivity contribution in [2.75, 3.05) is 24.8 Å². The number of aliphatic hydroxyl groups is 1. The second-order valence-corrected chi connectivity index (χ2v) is 9.98. The summed E-state index contributed by atoms with van der Waals surface area (Å²) in [6.07, 6.45) is 0.0436. The first kappa shape index (κ1) is 27.7. The van der Waals surface area contributed by atoms with Crippen LogP contribution in [0.25, 0.3) is 0 Å². The monoisotopic (exact) mass is 535 g/mol. The largest absolute Gasteiger partial charge is 0.496 e. The number of hydrogen-bond acceptors (Lipinski definition) is 7. The third-order valence-electron chi connectivity index (χ3n) is 6.36. The molecule has 200 valence electrons. The molecule has 38 heavy (non-hydrogen) atoms. The van der Waals surface area contributed by atoms with Gasteiger partial charge in [-0.3, -0.25) is 5.32 Å². The van der Waals surface area contributed by atoms with E-state index in [0.29, 0.717) is 11.4 Å². The van der Waals surface area contributed by atoms with Crippen LogP contribution in [0.4, 0.5) is 10.5 Å². The predicted octanol–water partition coefficient (Wildman–Crippen LogP) is 6.51. The fourth-order valence-electron chi connectivity index (χ4n) is 4.23. The number of aliphatic hydroxyl groups excluding tert-OH is 1. The third-order valence-corrected chi connectivity index (χ3v) is 7.50. The molecule has 0 bridgehead atoms. The van der Waals surface area contributed by atoms with Crippen LogP contribution in [0.5, 0.6) is 5.75 Å². The topological polar surface area (TPSA) is 86.3 Å². The number of thioether (sulfide) groups is 1. The summed E-state index contributed by atoms with van der Waals surface area (Å²) in [7, 11) is 1.67. The molecule has 1 saturated heterocycles. The Hall–Kier alpha value is -3.30. The summed E-state index contributed by atoms with van der Waals surface area (Å²) in [6, 6.07) is 23.1. The van der Waals surface area contributed by atoms with Crippen LogP contribution < -0.4 is 10.1 Å². The lowest BCUT2D eigenvalue weighted by atomic mass is 9.91. The number of benzene rings is 3. The first-order valence-corrected chi connectivity index (χ1v) is 13.4. The maximum Gasteiger partial charge on any atom is 0.411 e. The van der Waals surface area contributed by atoms with E-state index in [9.17, 15) is 9.90 Å². The second-order valence-electron chi connectivity index (χ2n) is 8.92. The number of methoxy groups -OCH3 is 1. The SMILES string of the molecule is C=CCOC(=O)Nc1ccc([C@H]2O[C@@H](CSc3ccccc3OC)[C@@H](C)[C@@H](c3ccc(CO)cc3)O2)cc1. The molecule has 1 fully saturated rings. The maximum atomic E-state index is 11.9. The van der Waals surface area contributed by atoms with Gasteiger partial charge in [0.05, 0.1) is 25.9 Å². The molecule has 3 aromatic carbocycles. The minimum absolute atomic E-state index is 0.00716. The van der Waals surface area contributed by atoms with Crippen LogP contribution in [0.3, 0.4) is 0 Å². The molecule has 7 nitrogen and oxygen atoms in total. The molecule has 4 atom stereocenters. The lowest BCUT2D eigenvalue weighted by Gasteiger charge is -2.41. The van der Waals surface area contributed by atoms with Crippen LogP contribution in [0.2, 0.25) is 0 Å². The van der Waals surface area contributed by atoms with Gasteiger partial charge >= 0.3 is 6.09 Å². The van der Waals surface area contributed by atoms with E-state index in [2.05, 4.69) is 18.8 Å². The number of anilines is 1. The molecule has 0 aliphatic carbocycles. The van der Waals surface area contributed by atoms with Gasteiger partial charge < -0.3 is 24.1 Å². The molecule has 0 saturated carbocycles. The molecule has 2 N–H and O–H groups in total. The normalized spacial score (nSPS) is 20.9. The molecule has 4 rings (SSSR count). The molecule has 0 radical (unpaired) electrons. The highest BCUT2D eigenvalue weighted by Crippen LogP contribution is 2.43. The Bertz CT molecular complexity index is 1200. The van der Waals surface area contributed by atoms with E-state index in [-0.39, 0.29) is 31.3 Å². The average molecular weight is 536 g/mol. The van der Waals surface area contributed by atoms with Gasteiger partial charge in [0.1, 0.15) is 12.4 Å². The van der Waals surface area contributed by atoms with Gasteiger partial charge in [-0.15, -0.1) is 11.8 Å². The Morgan fingerprint density at radius 2 is 1.76 bits per heavy atom. The first-order valence-electron chi connectivity index (χ1n) is 12.4. The highest BCUT2D eigenvalue weighted by atomic mass is 32.2. The summed E-state index contributed by atoms with van der Waals surface area (Å²) >= 11 is 1.69. The van der Waals surface area contributed by atoms with Crippen molar-refractivity contribution in [2.24, 2.45) is 5.92 Å². The standard InChI is InChI=1S/C30H33NO6S/c1-4-17-35-30(33)31-24-15-13-23(14-16-24)29-36-26(19-38-27-8-6-5-7-25(27)34-3)20(2)28(37-29)22-11-9-21(18-32)10-12-22/h4-16,20,26,28-29,32H,1,17-19H2,2-3H3,(H,31,33)/t20-,26+,28+,29+/m1/s1. The quantitative estimate of drug-likeness (QED) is 0.226. The molecule has 1 amide bonds. The molecule has 1 aliphatic rings. The molecule has 0 spiro atoms. The van der Waals surface area contributed by atoms with E-state index in [4.69, 9.17) is 18.9 Å². The molecule has 1 heterocycles. The number of nitrogens with one attached hydrogen (secondary N) is 1.